The predicted octanol–water partition coefficient (Wildman–Crippen LogP) is 3.75. The van der Waals surface area contributed by atoms with Crippen molar-refractivity contribution in [1.82, 2.24) is 0 Å². The molecule has 27 heavy (non-hydrogen) atoms. The fraction of sp³-hybridized carbons (Fsp3) is 0.300. The van der Waals surface area contributed by atoms with Gasteiger partial charge in [0.1, 0.15) is 11.8 Å². The van der Waals surface area contributed by atoms with E-state index in [-0.39, 0.29) is 13.2 Å². The summed E-state index contributed by atoms with van der Waals surface area (Å²) in [6, 6.07) is 13.0. The van der Waals surface area contributed by atoms with Crippen molar-refractivity contribution in [3.05, 3.63) is 59.1 Å². The summed E-state index contributed by atoms with van der Waals surface area (Å²) < 4.78 is 16.4. The highest BCUT2D eigenvalue weighted by molar-refractivity contribution is 6.31. The van der Waals surface area contributed by atoms with Crippen molar-refractivity contribution < 1.29 is 23.8 Å². The second-order valence-electron chi connectivity index (χ2n) is 5.87. The molecule has 0 radical (unpaired) electrons. The quantitative estimate of drug-likeness (QED) is 0.620. The third-order valence-electron chi connectivity index (χ3n) is 4.24. The van der Waals surface area contributed by atoms with Gasteiger partial charge in [-0.25, -0.2) is 9.59 Å². The van der Waals surface area contributed by atoms with Crippen LogP contribution in [0.5, 0.6) is 5.75 Å². The van der Waals surface area contributed by atoms with Crippen molar-refractivity contribution in [1.29, 1.82) is 0 Å². The topological polar surface area (TPSA) is 73.9 Å². The average Bonchev–Trinajstić information content (AvgIpc) is 2.67. The summed E-state index contributed by atoms with van der Waals surface area (Å²) in [7, 11) is 0. The van der Waals surface area contributed by atoms with Gasteiger partial charge in [-0.15, -0.1) is 0 Å². The molecule has 142 valence electrons. The van der Waals surface area contributed by atoms with Gasteiger partial charge in [-0.3, -0.25) is 0 Å². The zero-order chi connectivity index (χ0) is 19.4. The summed E-state index contributed by atoms with van der Waals surface area (Å²) in [5.74, 6) is -1.33. The van der Waals surface area contributed by atoms with E-state index in [2.05, 4.69) is 5.32 Å². The molecule has 6 nitrogen and oxygen atoms in total. The maximum atomic E-state index is 13.0. The molecule has 0 bridgehead atoms. The molecule has 0 spiro atoms. The molecule has 2 aromatic rings. The molecule has 1 aliphatic heterocycles. The van der Waals surface area contributed by atoms with Gasteiger partial charge in [-0.1, -0.05) is 41.9 Å². The zero-order valence-corrected chi connectivity index (χ0v) is 15.8. The van der Waals surface area contributed by atoms with Crippen LogP contribution in [0, 0.1) is 0 Å². The van der Waals surface area contributed by atoms with Gasteiger partial charge >= 0.3 is 17.5 Å². The highest BCUT2D eigenvalue weighted by Gasteiger charge is 2.61. The molecule has 1 unspecified atom stereocenters. The maximum absolute atomic E-state index is 13.0. The Bertz CT molecular complexity index is 836. The van der Waals surface area contributed by atoms with Crippen molar-refractivity contribution in [3.8, 4) is 5.75 Å². The lowest BCUT2D eigenvalue weighted by Gasteiger charge is -2.41. The molecule has 0 amide bonds. The molecule has 2 aromatic carbocycles. The van der Waals surface area contributed by atoms with Gasteiger partial charge < -0.3 is 19.5 Å². The molecular weight excluding hydrogens is 370 g/mol. The van der Waals surface area contributed by atoms with Crippen LogP contribution in [0.4, 0.5) is 5.69 Å². The first kappa shape index (κ1) is 19.0. The highest BCUT2D eigenvalue weighted by atomic mass is 35.5. The van der Waals surface area contributed by atoms with Crippen LogP contribution in [0.1, 0.15) is 25.5 Å². The minimum atomic E-state index is -2.06. The molecule has 0 fully saturated rings. The van der Waals surface area contributed by atoms with E-state index in [1.807, 2.05) is 6.07 Å². The number of rotatable bonds is 5. The lowest BCUT2D eigenvalue weighted by molar-refractivity contribution is -0.182. The summed E-state index contributed by atoms with van der Waals surface area (Å²) in [4.78, 5) is 26.0. The molecule has 1 aliphatic rings. The van der Waals surface area contributed by atoms with E-state index >= 15 is 0 Å². The number of carbonyl (C=O) groups is 2. The first-order chi connectivity index (χ1) is 13.0. The fourth-order valence-corrected chi connectivity index (χ4v) is 3.29. The van der Waals surface area contributed by atoms with E-state index in [1.165, 1.54) is 0 Å². The predicted molar refractivity (Wildman–Crippen MR) is 101 cm³/mol. The number of esters is 2. The first-order valence-corrected chi connectivity index (χ1v) is 9.05. The molecule has 3 rings (SSSR count). The maximum Gasteiger partial charge on any atom is 0.365 e. The molecule has 7 heteroatoms. The summed E-state index contributed by atoms with van der Waals surface area (Å²) in [5.41, 5.74) is -0.910. The van der Waals surface area contributed by atoms with E-state index in [9.17, 15) is 9.59 Å². The number of anilines is 1. The van der Waals surface area contributed by atoms with Crippen LogP contribution in [0.2, 0.25) is 5.02 Å². The third kappa shape index (κ3) is 3.32. The van der Waals surface area contributed by atoms with Gasteiger partial charge in [0.25, 0.3) is 0 Å². The van der Waals surface area contributed by atoms with Crippen molar-refractivity contribution in [2.24, 2.45) is 0 Å². The number of hydrogen-bond donors (Lipinski definition) is 1. The second-order valence-corrected chi connectivity index (χ2v) is 6.28. The Labute approximate surface area is 162 Å². The number of para-hydroxylation sites is 2. The van der Waals surface area contributed by atoms with Crippen LogP contribution in [0.3, 0.4) is 0 Å². The van der Waals surface area contributed by atoms with Crippen molar-refractivity contribution in [2.75, 3.05) is 18.5 Å². The van der Waals surface area contributed by atoms with E-state index in [1.54, 1.807) is 56.3 Å². The standard InChI is InChI=1S/C20H20ClNO5/c1-3-25-18(23)20(19(24)26-4-2)17(13-9-5-6-10-14(13)21)22-15-11-7-8-12-16(15)27-20/h5-12,17,22H,3-4H2,1-2H3. The number of hydrogen-bond acceptors (Lipinski definition) is 6. The minimum Gasteiger partial charge on any atom is -0.462 e. The smallest absolute Gasteiger partial charge is 0.365 e. The lowest BCUT2D eigenvalue weighted by Crippen LogP contribution is -2.61. The molecule has 0 saturated heterocycles. The number of halogens is 1. The molecule has 1 atom stereocenters. The van der Waals surface area contributed by atoms with Crippen molar-refractivity contribution in [3.63, 3.8) is 0 Å². The zero-order valence-electron chi connectivity index (χ0n) is 15.0. The Morgan fingerprint density at radius 3 is 2.26 bits per heavy atom. The van der Waals surface area contributed by atoms with Gasteiger partial charge in [0, 0.05) is 5.02 Å². The van der Waals surface area contributed by atoms with Crippen LogP contribution in [0.15, 0.2) is 48.5 Å². The number of fused-ring (bicyclic) bond motifs is 1. The van der Waals surface area contributed by atoms with Crippen LogP contribution < -0.4 is 10.1 Å². The van der Waals surface area contributed by atoms with Gasteiger partial charge in [0.2, 0.25) is 0 Å². The number of nitrogens with one attached hydrogen (secondary N) is 1. The number of benzene rings is 2. The normalized spacial score (nSPS) is 17.1. The second kappa shape index (κ2) is 7.88. The first-order valence-electron chi connectivity index (χ1n) is 8.68. The van der Waals surface area contributed by atoms with E-state index in [0.717, 1.165) is 0 Å². The Kier molecular flexibility index (Phi) is 5.56. The fourth-order valence-electron chi connectivity index (χ4n) is 3.05. The van der Waals surface area contributed by atoms with Crippen LogP contribution in [-0.2, 0) is 19.1 Å². The Morgan fingerprint density at radius 2 is 1.63 bits per heavy atom. The van der Waals surface area contributed by atoms with Crippen LogP contribution in [0.25, 0.3) is 0 Å². The van der Waals surface area contributed by atoms with Gasteiger partial charge in [-0.2, -0.15) is 0 Å². The van der Waals surface area contributed by atoms with E-state index in [0.29, 0.717) is 22.0 Å². The SMILES string of the molecule is CCOC(=O)C1(C(=O)OCC)Oc2ccccc2NC1c1ccccc1Cl. The van der Waals surface area contributed by atoms with Gasteiger partial charge in [0.15, 0.2) is 0 Å². The van der Waals surface area contributed by atoms with Gasteiger partial charge in [-0.05, 0) is 37.6 Å². The largest absolute Gasteiger partial charge is 0.462 e. The molecular formula is C20H20ClNO5. The third-order valence-corrected chi connectivity index (χ3v) is 4.58. The lowest BCUT2D eigenvalue weighted by atomic mass is 9.86. The number of ether oxygens (including phenoxy) is 3. The molecule has 1 heterocycles. The monoisotopic (exact) mass is 389 g/mol. The average molecular weight is 390 g/mol. The summed E-state index contributed by atoms with van der Waals surface area (Å²) in [6.07, 6.45) is 0. The Balaban J connectivity index is 2.22. The summed E-state index contributed by atoms with van der Waals surface area (Å²) >= 11 is 6.38. The van der Waals surface area contributed by atoms with Gasteiger partial charge in [0.05, 0.1) is 18.9 Å². The van der Waals surface area contributed by atoms with Crippen molar-refractivity contribution in [2.45, 2.75) is 25.5 Å². The number of carbonyl (C=O) groups excluding carboxylic acids is 2. The Morgan fingerprint density at radius 1 is 1.04 bits per heavy atom. The molecule has 0 saturated carbocycles. The van der Waals surface area contributed by atoms with E-state index < -0.39 is 23.6 Å². The van der Waals surface area contributed by atoms with Crippen LogP contribution in [-0.4, -0.2) is 30.8 Å². The van der Waals surface area contributed by atoms with E-state index in [4.69, 9.17) is 25.8 Å². The van der Waals surface area contributed by atoms with Crippen LogP contribution >= 0.6 is 11.6 Å². The summed E-state index contributed by atoms with van der Waals surface area (Å²) in [5, 5.41) is 3.60. The van der Waals surface area contributed by atoms with Crippen molar-refractivity contribution >= 4 is 29.2 Å². The Hall–Kier alpha value is -2.73. The summed E-state index contributed by atoms with van der Waals surface area (Å²) in [6.45, 7) is 3.48. The molecule has 1 N–H and O–H groups in total. The highest BCUT2D eigenvalue weighted by Crippen LogP contribution is 2.45. The molecule has 0 aliphatic carbocycles. The minimum absolute atomic E-state index is 0.0836. The molecule has 0 aromatic heterocycles.